The number of ether oxygens (including phenoxy) is 1. The molecule has 0 saturated carbocycles. The highest BCUT2D eigenvalue weighted by Crippen LogP contribution is 2.43. The monoisotopic (exact) mass is 572 g/mol. The Bertz CT molecular complexity index is 794. The first-order valence-corrected chi connectivity index (χ1v) is 16.5. The molecule has 2 N–H and O–H groups in total. The summed E-state index contributed by atoms with van der Waals surface area (Å²) >= 11 is 0. The molecule has 0 spiro atoms. The highest BCUT2D eigenvalue weighted by atomic mass is 31.2. The molecule has 0 aliphatic carbocycles. The van der Waals surface area contributed by atoms with E-state index in [0.717, 1.165) is 44.3 Å². The zero-order valence-electron chi connectivity index (χ0n) is 24.9. The third-order valence-electron chi connectivity index (χ3n) is 6.63. The molecule has 226 valence electrons. The van der Waals surface area contributed by atoms with Gasteiger partial charge in [-0.25, -0.2) is 13.9 Å². The van der Waals surface area contributed by atoms with Crippen molar-refractivity contribution in [2.75, 3.05) is 45.4 Å². The van der Waals surface area contributed by atoms with E-state index in [1.54, 1.807) is 0 Å². The Labute approximate surface area is 237 Å². The van der Waals surface area contributed by atoms with Crippen molar-refractivity contribution >= 4 is 19.6 Å². The summed E-state index contributed by atoms with van der Waals surface area (Å²) in [7, 11) is -0.154. The molecule has 10 heteroatoms. The van der Waals surface area contributed by atoms with Crippen LogP contribution in [0.5, 0.6) is 0 Å². The summed E-state index contributed by atoms with van der Waals surface area (Å²) in [5.74, 6) is -0.168. The summed E-state index contributed by atoms with van der Waals surface area (Å²) in [6.45, 7) is 5.92. The maximum atomic E-state index is 12.3. The largest absolute Gasteiger partial charge is 0.472 e. The van der Waals surface area contributed by atoms with Gasteiger partial charge in [0.15, 0.2) is 12.4 Å². The Balaban J connectivity index is 2.15. The average Bonchev–Trinajstić information content (AvgIpc) is 2.91. The number of aromatic nitrogens is 1. The van der Waals surface area contributed by atoms with Gasteiger partial charge in [-0.3, -0.25) is 9.05 Å². The lowest BCUT2D eigenvalue weighted by Gasteiger charge is -2.19. The molecule has 2 atom stereocenters. The predicted octanol–water partition coefficient (Wildman–Crippen LogP) is 6.63. The number of rotatable bonds is 24. The summed E-state index contributed by atoms with van der Waals surface area (Å²) < 4.78 is 30.1. The van der Waals surface area contributed by atoms with Crippen LogP contribution in [-0.4, -0.2) is 51.4 Å². The SMILES string of the molecule is CCCCCCCCCCCNC(=O)OCC(CCC)COP(=O)(O)OCCCC[n+]1ccc(N(C)C)cc1. The zero-order valence-corrected chi connectivity index (χ0v) is 25.8. The number of nitrogens with one attached hydrogen (secondary N) is 1. The van der Waals surface area contributed by atoms with Crippen LogP contribution in [0.25, 0.3) is 0 Å². The van der Waals surface area contributed by atoms with E-state index in [2.05, 4.69) is 16.8 Å². The number of unbranched alkanes of at least 4 members (excludes halogenated alkanes) is 9. The molecule has 0 bridgehead atoms. The molecule has 1 amide bonds. The van der Waals surface area contributed by atoms with Crippen molar-refractivity contribution in [2.45, 2.75) is 104 Å². The number of amides is 1. The maximum absolute atomic E-state index is 12.3. The summed E-state index contributed by atoms with van der Waals surface area (Å²) in [6.07, 6.45) is 17.7. The molecule has 0 aliphatic heterocycles. The van der Waals surface area contributed by atoms with E-state index < -0.39 is 13.9 Å². The van der Waals surface area contributed by atoms with Gasteiger partial charge in [0.2, 0.25) is 0 Å². The minimum absolute atomic E-state index is 0.00122. The molecular weight excluding hydrogens is 517 g/mol. The second kappa shape index (κ2) is 22.1. The van der Waals surface area contributed by atoms with Gasteiger partial charge >= 0.3 is 13.9 Å². The van der Waals surface area contributed by atoms with E-state index in [-0.39, 0.29) is 25.7 Å². The van der Waals surface area contributed by atoms with Crippen LogP contribution in [-0.2, 0) is 24.9 Å². The first-order valence-electron chi connectivity index (χ1n) is 15.0. The highest BCUT2D eigenvalue weighted by molar-refractivity contribution is 7.47. The van der Waals surface area contributed by atoms with Gasteiger partial charge in [-0.05, 0) is 19.3 Å². The van der Waals surface area contributed by atoms with Gasteiger partial charge in [-0.2, -0.15) is 0 Å². The number of carbonyl (C=O) groups excluding carboxylic acids is 1. The number of phosphoric ester groups is 1. The number of pyridine rings is 1. The number of anilines is 1. The van der Waals surface area contributed by atoms with Crippen molar-refractivity contribution in [3.05, 3.63) is 24.5 Å². The number of hydrogen-bond acceptors (Lipinski definition) is 6. The first kappa shape index (κ1) is 35.4. The lowest BCUT2D eigenvalue weighted by atomic mass is 10.1. The van der Waals surface area contributed by atoms with Crippen LogP contribution in [0.1, 0.15) is 97.3 Å². The van der Waals surface area contributed by atoms with Crippen molar-refractivity contribution in [1.82, 2.24) is 5.32 Å². The van der Waals surface area contributed by atoms with Crippen molar-refractivity contribution in [1.29, 1.82) is 0 Å². The molecule has 1 rings (SSSR count). The molecule has 1 heterocycles. The molecular formula is C29H55N3O6P+. The number of hydrogen-bond donors (Lipinski definition) is 2. The predicted molar refractivity (Wildman–Crippen MR) is 157 cm³/mol. The van der Waals surface area contributed by atoms with Crippen LogP contribution in [0.3, 0.4) is 0 Å². The minimum Gasteiger partial charge on any atom is -0.449 e. The lowest BCUT2D eigenvalue weighted by Crippen LogP contribution is -2.33. The number of phosphoric acid groups is 1. The zero-order chi connectivity index (χ0) is 28.8. The molecule has 2 unspecified atom stereocenters. The molecule has 1 aromatic rings. The summed E-state index contributed by atoms with van der Waals surface area (Å²) in [4.78, 5) is 24.1. The van der Waals surface area contributed by atoms with Crippen LogP contribution < -0.4 is 14.8 Å². The Morgan fingerprint density at radius 2 is 1.56 bits per heavy atom. The second-order valence-electron chi connectivity index (χ2n) is 10.5. The van der Waals surface area contributed by atoms with Crippen LogP contribution in [0.4, 0.5) is 10.5 Å². The van der Waals surface area contributed by atoms with Crippen LogP contribution in [0.15, 0.2) is 24.5 Å². The quantitative estimate of drug-likeness (QED) is 0.0815. The summed E-state index contributed by atoms with van der Waals surface area (Å²) in [5, 5.41) is 2.80. The Hall–Kier alpha value is -1.67. The van der Waals surface area contributed by atoms with E-state index in [1.165, 1.54) is 44.9 Å². The molecule has 0 aliphatic rings. The number of nitrogens with zero attached hydrogens (tertiary/aromatic N) is 2. The maximum Gasteiger partial charge on any atom is 0.472 e. The van der Waals surface area contributed by atoms with Crippen LogP contribution in [0, 0.1) is 5.92 Å². The third-order valence-corrected chi connectivity index (χ3v) is 7.61. The Kier molecular flexibility index (Phi) is 20.0. The minimum atomic E-state index is -4.16. The van der Waals surface area contributed by atoms with Crippen molar-refractivity contribution in [3.63, 3.8) is 0 Å². The van der Waals surface area contributed by atoms with Crippen molar-refractivity contribution in [3.8, 4) is 0 Å². The Morgan fingerprint density at radius 3 is 2.18 bits per heavy atom. The number of alkyl carbamates (subject to hydrolysis) is 1. The van der Waals surface area contributed by atoms with Gasteiger partial charge in [0.1, 0.15) is 6.54 Å². The molecule has 39 heavy (non-hydrogen) atoms. The first-order chi connectivity index (χ1) is 18.8. The topological polar surface area (TPSA) is 101 Å². The summed E-state index contributed by atoms with van der Waals surface area (Å²) in [6, 6.07) is 4.09. The molecule has 9 nitrogen and oxygen atoms in total. The van der Waals surface area contributed by atoms with Crippen LogP contribution >= 0.6 is 7.82 Å². The van der Waals surface area contributed by atoms with Gasteiger partial charge in [0.25, 0.3) is 0 Å². The normalized spacial score (nSPS) is 13.6. The third kappa shape index (κ3) is 19.1. The van der Waals surface area contributed by atoms with Crippen LogP contribution in [0.2, 0.25) is 0 Å². The molecule has 0 saturated heterocycles. The standard InChI is InChI=1S/C29H54N3O6P/c1-5-7-8-9-10-11-12-13-14-20-30-29(33)36-25-27(17-6-2)26-38-39(34,35)37-24-16-15-21-32-22-18-28(19-23-32)31(3)4/h18-19,22-23,27H,5-17,20-21,24-26H2,1-4H3,(H-,30,33,34,35)/p+1. The van der Waals surface area contributed by atoms with E-state index in [1.807, 2.05) is 50.4 Å². The molecule has 0 aromatic carbocycles. The van der Waals surface area contributed by atoms with Gasteiger partial charge < -0.3 is 19.8 Å². The van der Waals surface area contributed by atoms with Gasteiger partial charge in [-0.1, -0.05) is 71.6 Å². The van der Waals surface area contributed by atoms with E-state index in [0.29, 0.717) is 13.0 Å². The fourth-order valence-electron chi connectivity index (χ4n) is 4.20. The second-order valence-corrected chi connectivity index (χ2v) is 12.0. The van der Waals surface area contributed by atoms with E-state index >= 15 is 0 Å². The summed E-state index contributed by atoms with van der Waals surface area (Å²) in [5.41, 5.74) is 1.13. The fraction of sp³-hybridized carbons (Fsp3) is 0.793. The van der Waals surface area contributed by atoms with Crippen molar-refractivity contribution in [2.24, 2.45) is 5.92 Å². The Morgan fingerprint density at radius 1 is 0.923 bits per heavy atom. The van der Waals surface area contributed by atoms with Gasteiger partial charge in [0, 0.05) is 50.8 Å². The smallest absolute Gasteiger partial charge is 0.449 e. The highest BCUT2D eigenvalue weighted by Gasteiger charge is 2.23. The van der Waals surface area contributed by atoms with Gasteiger partial charge in [-0.15, -0.1) is 0 Å². The number of carbonyl (C=O) groups is 1. The number of aryl methyl sites for hydroxylation is 1. The average molecular weight is 573 g/mol. The van der Waals surface area contributed by atoms with E-state index in [4.69, 9.17) is 13.8 Å². The lowest BCUT2D eigenvalue weighted by molar-refractivity contribution is -0.697. The molecule has 1 aromatic heterocycles. The fourth-order valence-corrected chi connectivity index (χ4v) is 5.04. The van der Waals surface area contributed by atoms with E-state index in [9.17, 15) is 14.3 Å². The van der Waals surface area contributed by atoms with Gasteiger partial charge in [0.05, 0.1) is 19.8 Å². The molecule has 0 radical (unpaired) electrons. The molecule has 0 fully saturated rings. The van der Waals surface area contributed by atoms with Crippen molar-refractivity contribution < 1.29 is 32.6 Å².